The summed E-state index contributed by atoms with van der Waals surface area (Å²) in [5.74, 6) is 1.74. The average Bonchev–Trinajstić information content (AvgIpc) is 3.93. The molecule has 0 amide bonds. The molecule has 0 saturated carbocycles. The number of rotatable bonds is 6. The number of aryl methyl sites for hydroxylation is 2. The molecule has 0 atom stereocenters. The van der Waals surface area contributed by atoms with Crippen molar-refractivity contribution in [2.75, 3.05) is 0 Å². The number of pyridine rings is 1. The molecule has 4 nitrogen and oxygen atoms in total. The zero-order valence-corrected chi connectivity index (χ0v) is 31.4. The smallest absolute Gasteiger partial charge is 0.0774 e. The fourth-order valence-corrected chi connectivity index (χ4v) is 6.94. The summed E-state index contributed by atoms with van der Waals surface area (Å²) < 4.78 is 49.4. The summed E-state index contributed by atoms with van der Waals surface area (Å²) in [6, 6.07) is 36.4. The monoisotopic (exact) mass is 855 g/mol. The number of hydrogen-bond acceptors (Lipinski definition) is 3. The van der Waals surface area contributed by atoms with Crippen molar-refractivity contribution in [1.29, 1.82) is 0 Å². The van der Waals surface area contributed by atoms with Gasteiger partial charge in [-0.2, -0.15) is 0 Å². The number of thiophene rings is 1. The Morgan fingerprint density at radius 1 is 0.780 bits per heavy atom. The van der Waals surface area contributed by atoms with Gasteiger partial charge in [0.05, 0.1) is 16.9 Å². The van der Waals surface area contributed by atoms with Crippen LogP contribution in [0.5, 0.6) is 0 Å². The molecule has 0 saturated heterocycles. The number of benzene rings is 4. The Labute approximate surface area is 321 Å². The summed E-state index contributed by atoms with van der Waals surface area (Å²) in [6.45, 7) is 4.76. The molecule has 0 bridgehead atoms. The van der Waals surface area contributed by atoms with E-state index in [9.17, 15) is 0 Å². The first-order chi connectivity index (χ1) is 26.2. The van der Waals surface area contributed by atoms with Gasteiger partial charge >= 0.3 is 0 Å². The van der Waals surface area contributed by atoms with Crippen LogP contribution in [0.4, 0.5) is 0 Å². The van der Waals surface area contributed by atoms with Crippen molar-refractivity contribution in [2.45, 2.75) is 53.2 Å². The second kappa shape index (κ2) is 15.1. The van der Waals surface area contributed by atoms with Crippen LogP contribution in [0.2, 0.25) is 0 Å². The third-order valence-electron chi connectivity index (χ3n) is 8.60. The van der Waals surface area contributed by atoms with Crippen LogP contribution < -0.4 is 0 Å². The number of para-hydroxylation sites is 3. The van der Waals surface area contributed by atoms with Crippen molar-refractivity contribution < 1.29 is 28.3 Å². The Kier molecular flexibility index (Phi) is 8.50. The van der Waals surface area contributed by atoms with Gasteiger partial charge in [-0.05, 0) is 71.4 Å². The molecule has 0 aliphatic rings. The Balaban J connectivity index is 0.000000217. The summed E-state index contributed by atoms with van der Waals surface area (Å²) in [6.07, 6.45) is 5.47. The Hall–Kier alpha value is -4.61. The van der Waals surface area contributed by atoms with Crippen LogP contribution >= 0.6 is 11.3 Å². The van der Waals surface area contributed by atoms with E-state index in [0.29, 0.717) is 23.1 Å². The van der Waals surface area contributed by atoms with Gasteiger partial charge in [0.1, 0.15) is 0 Å². The van der Waals surface area contributed by atoms with Gasteiger partial charge in [-0.1, -0.05) is 105 Å². The molecular weight excluding hydrogens is 809 g/mol. The van der Waals surface area contributed by atoms with Crippen LogP contribution in [0.1, 0.15) is 70.0 Å². The molecule has 0 spiro atoms. The minimum atomic E-state index is -2.18. The maximum absolute atomic E-state index is 7.28. The fraction of sp³-hybridized carbons (Fsp3) is 0.182. The number of hydrogen-bond donors (Lipinski definition) is 0. The normalized spacial score (nSPS) is 13.5. The number of fused-ring (bicyclic) bond motifs is 2. The SMILES string of the molecule is CC(C)c1cccc(C(C)C)c1-n1c(-c2[c-]sc3ccc(-n4cccc4)cc23)nc2ccccc21.[2H]C([2H])([2H])c1c[c-]c(-c2ccc(C([2H])([2H])[2H])cn2)cc1.[Ir]. The van der Waals surface area contributed by atoms with Crippen LogP contribution in [0.15, 0.2) is 122 Å². The topological polar surface area (TPSA) is 35.6 Å². The molecule has 6 heteroatoms. The van der Waals surface area contributed by atoms with E-state index in [2.05, 4.69) is 138 Å². The van der Waals surface area contributed by atoms with Crippen molar-refractivity contribution in [1.82, 2.24) is 19.1 Å². The minimum Gasteiger partial charge on any atom is -0.333 e. The van der Waals surface area contributed by atoms with E-state index in [1.54, 1.807) is 23.5 Å². The standard InChI is InChI=1S/C31H28N3S.C13H12N.Ir/c1-20(2)23-10-9-11-24(21(3)4)30(23)34-28-13-6-5-12-27(28)32-31(34)26-19-35-29-15-14-22(18-25(26)29)33-16-7-8-17-33;1-10-3-6-12(7-4-10)13-8-5-11(2)9-14-13;/h5-18,20-21H,1-4H3;3-6,8-9H,1-2H3;/q2*-1;/i;1D3,2D3;. The third-order valence-corrected chi connectivity index (χ3v) is 9.48. The zero-order valence-electron chi connectivity index (χ0n) is 34.2. The maximum atomic E-state index is 7.28. The molecule has 4 aromatic carbocycles. The van der Waals surface area contributed by atoms with E-state index in [1.165, 1.54) is 51.3 Å². The molecule has 1 radical (unpaired) electrons. The van der Waals surface area contributed by atoms with E-state index >= 15 is 0 Å². The van der Waals surface area contributed by atoms with Crippen molar-refractivity contribution >= 4 is 32.5 Å². The van der Waals surface area contributed by atoms with Crippen molar-refractivity contribution in [3.8, 4) is 34.0 Å². The molecule has 0 aliphatic carbocycles. The molecule has 0 unspecified atom stereocenters. The Bertz CT molecular complexity index is 2490. The number of imidazole rings is 1. The van der Waals surface area contributed by atoms with E-state index in [0.717, 1.165) is 28.1 Å². The van der Waals surface area contributed by atoms with E-state index in [1.807, 2.05) is 0 Å². The van der Waals surface area contributed by atoms with Crippen molar-refractivity contribution in [3.63, 3.8) is 0 Å². The fourth-order valence-electron chi connectivity index (χ4n) is 6.12. The van der Waals surface area contributed by atoms with Crippen LogP contribution in [-0.4, -0.2) is 19.1 Å². The van der Waals surface area contributed by atoms with Gasteiger partial charge in [0.2, 0.25) is 0 Å². The zero-order chi connectivity index (χ0) is 39.1. The van der Waals surface area contributed by atoms with Crippen molar-refractivity contribution in [3.05, 3.63) is 155 Å². The first kappa shape index (κ1) is 28.1. The molecule has 0 fully saturated rings. The summed E-state index contributed by atoms with van der Waals surface area (Å²) in [5, 5.41) is 4.81. The average molecular weight is 855 g/mol. The molecular formula is C44H40IrN4S-2. The molecule has 8 rings (SSSR count). The van der Waals surface area contributed by atoms with Crippen LogP contribution in [0.25, 0.3) is 55.1 Å². The minimum absolute atomic E-state index is 0. The Morgan fingerprint density at radius 2 is 1.52 bits per heavy atom. The molecule has 4 aromatic heterocycles. The first-order valence-corrected chi connectivity index (χ1v) is 17.2. The summed E-state index contributed by atoms with van der Waals surface area (Å²) in [7, 11) is 0. The first-order valence-electron chi connectivity index (χ1n) is 19.4. The molecule has 50 heavy (non-hydrogen) atoms. The summed E-state index contributed by atoms with van der Waals surface area (Å²) in [4.78, 5) is 9.28. The summed E-state index contributed by atoms with van der Waals surface area (Å²) >= 11 is 1.66. The van der Waals surface area contributed by atoms with Gasteiger partial charge in [-0.25, -0.2) is 0 Å². The van der Waals surface area contributed by atoms with E-state index in [4.69, 9.17) is 13.2 Å². The molecule has 253 valence electrons. The second-order valence-electron chi connectivity index (χ2n) is 12.6. The Morgan fingerprint density at radius 3 is 2.18 bits per heavy atom. The van der Waals surface area contributed by atoms with Crippen LogP contribution in [-0.2, 0) is 20.1 Å². The number of nitrogens with zero attached hydrogens (tertiary/aromatic N) is 4. The van der Waals surface area contributed by atoms with Gasteiger partial charge < -0.3 is 14.1 Å². The largest absolute Gasteiger partial charge is 0.333 e. The summed E-state index contributed by atoms with van der Waals surface area (Å²) in [5.41, 5.74) is 9.83. The van der Waals surface area contributed by atoms with Crippen molar-refractivity contribution in [2.24, 2.45) is 0 Å². The number of aromatic nitrogens is 4. The predicted octanol–water partition coefficient (Wildman–Crippen LogP) is 11.9. The maximum Gasteiger partial charge on any atom is 0.0774 e. The van der Waals surface area contributed by atoms with Gasteiger partial charge in [0, 0.05) is 58.3 Å². The van der Waals surface area contributed by atoms with Gasteiger partial charge in [0.25, 0.3) is 0 Å². The van der Waals surface area contributed by atoms with E-state index < -0.39 is 13.7 Å². The molecule has 0 N–H and O–H groups in total. The van der Waals surface area contributed by atoms with E-state index in [-0.39, 0.29) is 31.2 Å². The van der Waals surface area contributed by atoms with Crippen LogP contribution in [0, 0.1) is 25.2 Å². The van der Waals surface area contributed by atoms with Gasteiger partial charge in [-0.3, -0.25) is 16.3 Å². The molecule has 8 aromatic rings. The quantitative estimate of drug-likeness (QED) is 0.156. The van der Waals surface area contributed by atoms with Crippen LogP contribution in [0.3, 0.4) is 0 Å². The van der Waals surface area contributed by atoms with Gasteiger partial charge in [0.15, 0.2) is 0 Å². The third kappa shape index (κ3) is 7.02. The molecule has 0 aliphatic heterocycles. The predicted molar refractivity (Wildman–Crippen MR) is 206 cm³/mol. The van der Waals surface area contributed by atoms with Gasteiger partial charge in [-0.15, -0.1) is 40.8 Å². The molecule has 4 heterocycles. The second-order valence-corrected chi connectivity index (χ2v) is 13.5.